The van der Waals surface area contributed by atoms with Crippen LogP contribution in [-0.4, -0.2) is 23.8 Å². The molecule has 0 bridgehead atoms. The molecule has 3 aromatic rings. The van der Waals surface area contributed by atoms with E-state index in [1.165, 1.54) is 10.3 Å². The van der Waals surface area contributed by atoms with E-state index in [-0.39, 0.29) is 0 Å². The van der Waals surface area contributed by atoms with Crippen molar-refractivity contribution in [1.29, 1.82) is 0 Å². The van der Waals surface area contributed by atoms with Crippen LogP contribution in [0.2, 0.25) is 0 Å². The van der Waals surface area contributed by atoms with Gasteiger partial charge in [-0.05, 0) is 61.0 Å². The SMILES string of the molecule is CCc1nc2ccc(NC(=S)NCCc3ccc(OC)cc3)cc2s1. The standard InChI is InChI=1S/C19H21N3OS2/c1-3-18-22-16-9-6-14(12-17(16)25-18)21-19(24)20-11-10-13-4-7-15(23-2)8-5-13/h4-9,12H,3,10-11H2,1-2H3,(H2,20,21,24). The molecule has 4 nitrogen and oxygen atoms in total. The van der Waals surface area contributed by atoms with Gasteiger partial charge in [0.1, 0.15) is 5.75 Å². The topological polar surface area (TPSA) is 46.2 Å². The van der Waals surface area contributed by atoms with Crippen molar-refractivity contribution < 1.29 is 4.74 Å². The normalized spacial score (nSPS) is 10.6. The molecule has 3 rings (SSSR count). The van der Waals surface area contributed by atoms with Crippen LogP contribution >= 0.6 is 23.6 Å². The maximum Gasteiger partial charge on any atom is 0.170 e. The summed E-state index contributed by atoms with van der Waals surface area (Å²) in [5.41, 5.74) is 3.28. The molecule has 0 unspecified atom stereocenters. The Labute approximate surface area is 157 Å². The van der Waals surface area contributed by atoms with Crippen LogP contribution in [0.15, 0.2) is 42.5 Å². The monoisotopic (exact) mass is 371 g/mol. The number of fused-ring (bicyclic) bond motifs is 1. The molecule has 0 aliphatic carbocycles. The Balaban J connectivity index is 1.51. The zero-order chi connectivity index (χ0) is 17.6. The first-order chi connectivity index (χ1) is 12.2. The molecular formula is C19H21N3OS2. The number of thiazole rings is 1. The number of anilines is 1. The predicted octanol–water partition coefficient (Wildman–Crippen LogP) is 4.40. The van der Waals surface area contributed by atoms with Gasteiger partial charge in [0.05, 0.1) is 22.3 Å². The quantitative estimate of drug-likeness (QED) is 0.629. The zero-order valence-corrected chi connectivity index (χ0v) is 16.0. The number of ether oxygens (including phenoxy) is 1. The third-order valence-corrected chi connectivity index (χ3v) is 5.26. The second-order valence-electron chi connectivity index (χ2n) is 5.62. The van der Waals surface area contributed by atoms with Gasteiger partial charge >= 0.3 is 0 Å². The van der Waals surface area contributed by atoms with Gasteiger partial charge in [-0.3, -0.25) is 0 Å². The van der Waals surface area contributed by atoms with E-state index in [0.29, 0.717) is 5.11 Å². The van der Waals surface area contributed by atoms with Crippen molar-refractivity contribution in [2.24, 2.45) is 0 Å². The second-order valence-corrected chi connectivity index (χ2v) is 7.15. The van der Waals surface area contributed by atoms with Gasteiger partial charge in [0, 0.05) is 12.2 Å². The molecule has 25 heavy (non-hydrogen) atoms. The predicted molar refractivity (Wildman–Crippen MR) is 110 cm³/mol. The highest BCUT2D eigenvalue weighted by atomic mass is 32.1. The summed E-state index contributed by atoms with van der Waals surface area (Å²) in [5.74, 6) is 0.874. The summed E-state index contributed by atoms with van der Waals surface area (Å²) in [6, 6.07) is 14.2. The minimum Gasteiger partial charge on any atom is -0.497 e. The summed E-state index contributed by atoms with van der Waals surface area (Å²) in [5, 5.41) is 8.29. The Morgan fingerprint density at radius 3 is 2.72 bits per heavy atom. The fourth-order valence-electron chi connectivity index (χ4n) is 2.49. The van der Waals surface area contributed by atoms with Crippen LogP contribution in [-0.2, 0) is 12.8 Å². The number of nitrogens with one attached hydrogen (secondary N) is 2. The molecule has 130 valence electrons. The van der Waals surface area contributed by atoms with Gasteiger partial charge in [0.25, 0.3) is 0 Å². The zero-order valence-electron chi connectivity index (χ0n) is 14.3. The van der Waals surface area contributed by atoms with Gasteiger partial charge in [-0.2, -0.15) is 0 Å². The first-order valence-electron chi connectivity index (χ1n) is 8.25. The molecule has 0 aliphatic rings. The largest absolute Gasteiger partial charge is 0.497 e. The van der Waals surface area contributed by atoms with E-state index >= 15 is 0 Å². The molecule has 0 atom stereocenters. The van der Waals surface area contributed by atoms with Gasteiger partial charge in [0.2, 0.25) is 0 Å². The first-order valence-corrected chi connectivity index (χ1v) is 9.47. The summed E-state index contributed by atoms with van der Waals surface area (Å²) in [7, 11) is 1.67. The van der Waals surface area contributed by atoms with E-state index in [0.717, 1.165) is 41.3 Å². The lowest BCUT2D eigenvalue weighted by molar-refractivity contribution is 0.414. The number of rotatable bonds is 6. The van der Waals surface area contributed by atoms with Gasteiger partial charge in [0.15, 0.2) is 5.11 Å². The fourth-order valence-corrected chi connectivity index (χ4v) is 3.66. The molecule has 0 aliphatic heterocycles. The number of benzene rings is 2. The molecule has 2 N–H and O–H groups in total. The maximum atomic E-state index is 5.39. The van der Waals surface area contributed by atoms with Crippen LogP contribution < -0.4 is 15.4 Å². The summed E-state index contributed by atoms with van der Waals surface area (Å²) in [6.07, 6.45) is 1.87. The molecule has 0 amide bonds. The third-order valence-electron chi connectivity index (χ3n) is 3.85. The van der Waals surface area contributed by atoms with Crippen molar-refractivity contribution in [2.45, 2.75) is 19.8 Å². The number of hydrogen-bond acceptors (Lipinski definition) is 4. The highest BCUT2D eigenvalue weighted by molar-refractivity contribution is 7.80. The minimum absolute atomic E-state index is 0.632. The molecule has 0 radical (unpaired) electrons. The molecule has 0 saturated heterocycles. The molecular weight excluding hydrogens is 350 g/mol. The molecule has 2 aromatic carbocycles. The summed E-state index contributed by atoms with van der Waals surface area (Å²) < 4.78 is 6.35. The average Bonchev–Trinajstić information content (AvgIpc) is 3.05. The first kappa shape index (κ1) is 17.6. The smallest absolute Gasteiger partial charge is 0.170 e. The van der Waals surface area contributed by atoms with E-state index in [2.05, 4.69) is 40.7 Å². The molecule has 0 spiro atoms. The molecule has 6 heteroatoms. The molecule has 0 saturated carbocycles. The van der Waals surface area contributed by atoms with Gasteiger partial charge in [-0.15, -0.1) is 11.3 Å². The van der Waals surface area contributed by atoms with Crippen LogP contribution in [0.5, 0.6) is 5.75 Å². The lowest BCUT2D eigenvalue weighted by Crippen LogP contribution is -2.30. The van der Waals surface area contributed by atoms with Crippen LogP contribution in [0.3, 0.4) is 0 Å². The van der Waals surface area contributed by atoms with Crippen molar-refractivity contribution in [3.05, 3.63) is 53.0 Å². The van der Waals surface area contributed by atoms with Crippen molar-refractivity contribution in [3.8, 4) is 5.75 Å². The summed E-state index contributed by atoms with van der Waals surface area (Å²) in [4.78, 5) is 4.58. The Bertz CT molecular complexity index is 859. The van der Waals surface area contributed by atoms with E-state index < -0.39 is 0 Å². The average molecular weight is 372 g/mol. The number of thiocarbonyl (C=S) groups is 1. The maximum absolute atomic E-state index is 5.39. The third kappa shape index (κ3) is 4.67. The minimum atomic E-state index is 0.632. The van der Waals surface area contributed by atoms with E-state index in [1.807, 2.05) is 24.3 Å². The van der Waals surface area contributed by atoms with Crippen molar-refractivity contribution in [3.63, 3.8) is 0 Å². The second kappa shape index (κ2) is 8.27. The number of aromatic nitrogens is 1. The van der Waals surface area contributed by atoms with Crippen molar-refractivity contribution in [1.82, 2.24) is 10.3 Å². The highest BCUT2D eigenvalue weighted by Crippen LogP contribution is 2.25. The Kier molecular flexibility index (Phi) is 5.83. The van der Waals surface area contributed by atoms with Crippen LogP contribution in [0.1, 0.15) is 17.5 Å². The van der Waals surface area contributed by atoms with Crippen LogP contribution in [0, 0.1) is 0 Å². The fraction of sp³-hybridized carbons (Fsp3) is 0.263. The van der Waals surface area contributed by atoms with Gasteiger partial charge in [-0.25, -0.2) is 4.98 Å². The van der Waals surface area contributed by atoms with Crippen molar-refractivity contribution >= 4 is 44.6 Å². The van der Waals surface area contributed by atoms with Crippen LogP contribution in [0.4, 0.5) is 5.69 Å². The Morgan fingerprint density at radius 1 is 1.20 bits per heavy atom. The summed E-state index contributed by atoms with van der Waals surface area (Å²) in [6.45, 7) is 2.90. The van der Waals surface area contributed by atoms with Gasteiger partial charge in [-0.1, -0.05) is 19.1 Å². The van der Waals surface area contributed by atoms with Crippen LogP contribution in [0.25, 0.3) is 10.2 Å². The molecule has 1 aromatic heterocycles. The molecule has 1 heterocycles. The number of nitrogens with zero attached hydrogens (tertiary/aromatic N) is 1. The van der Waals surface area contributed by atoms with E-state index in [9.17, 15) is 0 Å². The lowest BCUT2D eigenvalue weighted by atomic mass is 10.1. The van der Waals surface area contributed by atoms with Gasteiger partial charge < -0.3 is 15.4 Å². The number of aryl methyl sites for hydroxylation is 1. The Hall–Kier alpha value is -2.18. The molecule has 0 fully saturated rings. The van der Waals surface area contributed by atoms with Crippen molar-refractivity contribution in [2.75, 3.05) is 19.0 Å². The van der Waals surface area contributed by atoms with E-state index in [1.54, 1.807) is 18.4 Å². The summed E-state index contributed by atoms with van der Waals surface area (Å²) >= 11 is 7.12. The highest BCUT2D eigenvalue weighted by Gasteiger charge is 2.04. The Morgan fingerprint density at radius 2 is 2.00 bits per heavy atom. The lowest BCUT2D eigenvalue weighted by Gasteiger charge is -2.10. The van der Waals surface area contributed by atoms with E-state index in [4.69, 9.17) is 17.0 Å². The number of hydrogen-bond donors (Lipinski definition) is 2. The number of methoxy groups -OCH3 is 1.